The van der Waals surface area contributed by atoms with Crippen molar-refractivity contribution in [2.45, 2.75) is 26.4 Å². The van der Waals surface area contributed by atoms with Crippen LogP contribution < -0.4 is 0 Å². The van der Waals surface area contributed by atoms with Gasteiger partial charge >= 0.3 is 0 Å². The molecule has 1 amide bonds. The van der Waals surface area contributed by atoms with E-state index in [9.17, 15) is 4.79 Å². The van der Waals surface area contributed by atoms with Crippen LogP contribution in [-0.4, -0.2) is 55.2 Å². The number of aromatic nitrogens is 5. The molecule has 9 heteroatoms. The molecule has 0 saturated carbocycles. The van der Waals surface area contributed by atoms with Crippen LogP contribution in [0.4, 0.5) is 0 Å². The topological polar surface area (TPSA) is 98.7 Å². The molecule has 0 bridgehead atoms. The van der Waals surface area contributed by atoms with Gasteiger partial charge in [0.05, 0.1) is 42.0 Å². The summed E-state index contributed by atoms with van der Waals surface area (Å²) in [7, 11) is 0. The zero-order valence-electron chi connectivity index (χ0n) is 17.4. The molecule has 0 radical (unpaired) electrons. The van der Waals surface area contributed by atoms with Gasteiger partial charge in [0.25, 0.3) is 5.91 Å². The Morgan fingerprint density at radius 2 is 2.19 bits per heavy atom. The van der Waals surface area contributed by atoms with Crippen molar-refractivity contribution in [2.24, 2.45) is 0 Å². The van der Waals surface area contributed by atoms with Gasteiger partial charge in [-0.15, -0.1) is 0 Å². The van der Waals surface area contributed by atoms with Gasteiger partial charge in [-0.1, -0.05) is 18.1 Å². The summed E-state index contributed by atoms with van der Waals surface area (Å²) >= 11 is 0. The van der Waals surface area contributed by atoms with E-state index in [1.54, 1.807) is 34.1 Å². The molecule has 1 aliphatic rings. The van der Waals surface area contributed by atoms with Gasteiger partial charge in [0.1, 0.15) is 17.4 Å². The normalized spacial score (nSPS) is 16.7. The molecular weight excluding hydrogens is 396 g/mol. The van der Waals surface area contributed by atoms with Crippen LogP contribution in [0.15, 0.2) is 47.4 Å². The number of hydrogen-bond donors (Lipinski definition) is 0. The third kappa shape index (κ3) is 3.46. The van der Waals surface area contributed by atoms with Gasteiger partial charge in [-0.25, -0.2) is 14.5 Å². The maximum atomic E-state index is 13.2. The first-order valence-electron chi connectivity index (χ1n) is 10.3. The van der Waals surface area contributed by atoms with E-state index in [1.165, 1.54) is 0 Å². The fraction of sp³-hybridized carbons (Fsp3) is 0.318. The Morgan fingerprint density at radius 1 is 1.29 bits per heavy atom. The second kappa shape index (κ2) is 7.92. The van der Waals surface area contributed by atoms with E-state index < -0.39 is 0 Å². The molecule has 5 heterocycles. The highest BCUT2D eigenvalue weighted by atomic mass is 16.5. The molecule has 1 aliphatic heterocycles. The van der Waals surface area contributed by atoms with Crippen LogP contribution in [0.25, 0.3) is 16.9 Å². The molecule has 0 spiro atoms. The molecule has 1 fully saturated rings. The highest BCUT2D eigenvalue weighted by Gasteiger charge is 2.29. The second-order valence-electron chi connectivity index (χ2n) is 7.42. The molecule has 158 valence electrons. The molecule has 0 aliphatic carbocycles. The van der Waals surface area contributed by atoms with Crippen LogP contribution in [0.3, 0.4) is 0 Å². The van der Waals surface area contributed by atoms with Crippen molar-refractivity contribution in [2.75, 3.05) is 19.7 Å². The third-order valence-corrected chi connectivity index (χ3v) is 5.47. The number of amides is 1. The Bertz CT molecular complexity index is 1250. The van der Waals surface area contributed by atoms with Crippen molar-refractivity contribution in [1.29, 1.82) is 0 Å². The lowest BCUT2D eigenvalue weighted by atomic mass is 10.1. The predicted octanol–water partition coefficient (Wildman–Crippen LogP) is 2.86. The quantitative estimate of drug-likeness (QED) is 0.502. The van der Waals surface area contributed by atoms with Gasteiger partial charge in [0, 0.05) is 25.4 Å². The lowest BCUT2D eigenvalue weighted by Crippen LogP contribution is -2.42. The molecule has 4 aromatic rings. The molecule has 1 atom stereocenters. The summed E-state index contributed by atoms with van der Waals surface area (Å²) < 4.78 is 13.0. The summed E-state index contributed by atoms with van der Waals surface area (Å²) in [4.78, 5) is 24.1. The van der Waals surface area contributed by atoms with E-state index in [0.717, 1.165) is 34.8 Å². The number of fused-ring (bicyclic) bond motifs is 1. The number of carbonyl (C=O) groups is 1. The van der Waals surface area contributed by atoms with Crippen LogP contribution in [0.2, 0.25) is 0 Å². The molecule has 31 heavy (non-hydrogen) atoms. The highest BCUT2D eigenvalue weighted by Crippen LogP contribution is 2.29. The smallest absolute Gasteiger partial charge is 0.259 e. The van der Waals surface area contributed by atoms with Crippen LogP contribution in [0.1, 0.15) is 40.5 Å². The molecule has 0 aromatic carbocycles. The monoisotopic (exact) mass is 418 g/mol. The molecular formula is C22H22N6O3. The third-order valence-electron chi connectivity index (χ3n) is 5.47. The van der Waals surface area contributed by atoms with E-state index in [1.807, 2.05) is 32.0 Å². The maximum absolute atomic E-state index is 13.2. The van der Waals surface area contributed by atoms with Crippen molar-refractivity contribution < 1.29 is 14.1 Å². The number of ether oxygens (including phenoxy) is 1. The summed E-state index contributed by atoms with van der Waals surface area (Å²) in [5.41, 5.74) is 4.33. The molecule has 9 nitrogen and oxygen atoms in total. The van der Waals surface area contributed by atoms with Gasteiger partial charge in [0.15, 0.2) is 5.65 Å². The van der Waals surface area contributed by atoms with Crippen molar-refractivity contribution in [3.8, 4) is 11.3 Å². The molecule has 0 N–H and O–H groups in total. The molecule has 4 aromatic heterocycles. The van der Waals surface area contributed by atoms with Crippen LogP contribution in [0, 0.1) is 6.92 Å². The number of rotatable bonds is 4. The minimum atomic E-state index is -0.322. The second-order valence-corrected chi connectivity index (χ2v) is 7.42. The predicted molar refractivity (Wildman–Crippen MR) is 111 cm³/mol. The summed E-state index contributed by atoms with van der Waals surface area (Å²) in [5, 5.41) is 8.31. The van der Waals surface area contributed by atoms with E-state index in [-0.39, 0.29) is 12.0 Å². The minimum Gasteiger partial charge on any atom is -0.368 e. The van der Waals surface area contributed by atoms with Crippen LogP contribution in [-0.2, 0) is 11.2 Å². The molecule has 5 rings (SSSR count). The van der Waals surface area contributed by atoms with Gasteiger partial charge in [-0.2, -0.15) is 5.10 Å². The first kappa shape index (κ1) is 19.4. The van der Waals surface area contributed by atoms with E-state index in [2.05, 4.69) is 15.2 Å². The van der Waals surface area contributed by atoms with Crippen molar-refractivity contribution >= 4 is 11.6 Å². The number of nitrogens with zero attached hydrogens (tertiary/aromatic N) is 6. The lowest BCUT2D eigenvalue weighted by molar-refractivity contribution is -0.0246. The van der Waals surface area contributed by atoms with E-state index >= 15 is 0 Å². The van der Waals surface area contributed by atoms with Crippen molar-refractivity contribution in [3.63, 3.8) is 0 Å². The number of morpholine rings is 1. The largest absolute Gasteiger partial charge is 0.368 e. The van der Waals surface area contributed by atoms with Crippen molar-refractivity contribution in [1.82, 2.24) is 29.6 Å². The fourth-order valence-electron chi connectivity index (χ4n) is 3.92. The first-order valence-corrected chi connectivity index (χ1v) is 10.3. The number of hydrogen-bond acceptors (Lipinski definition) is 7. The van der Waals surface area contributed by atoms with Crippen molar-refractivity contribution in [3.05, 3.63) is 65.6 Å². The standard InChI is InChI=1S/C22H22N6O3/c1-3-18-20(14(2)26-31-18)17-7-4-6-16(25-17)19-13-27(10-11-30-19)22(29)15-12-24-28-9-5-8-23-21(15)28/h4-9,12,19H,3,10-11,13H2,1-2H3. The van der Waals surface area contributed by atoms with E-state index in [0.29, 0.717) is 30.9 Å². The summed E-state index contributed by atoms with van der Waals surface area (Å²) in [6, 6.07) is 7.59. The fourth-order valence-corrected chi connectivity index (χ4v) is 3.92. The average Bonchev–Trinajstić information content (AvgIpc) is 3.42. The molecule has 1 unspecified atom stereocenters. The highest BCUT2D eigenvalue weighted by molar-refractivity contribution is 5.99. The first-order chi connectivity index (χ1) is 15.2. The maximum Gasteiger partial charge on any atom is 0.259 e. The van der Waals surface area contributed by atoms with E-state index in [4.69, 9.17) is 14.2 Å². The average molecular weight is 418 g/mol. The van der Waals surface area contributed by atoms with Gasteiger partial charge in [0.2, 0.25) is 0 Å². The van der Waals surface area contributed by atoms with Gasteiger partial charge in [-0.05, 0) is 25.1 Å². The Kier molecular flexibility index (Phi) is 4.95. The summed E-state index contributed by atoms with van der Waals surface area (Å²) in [5.74, 6) is 0.699. The number of aryl methyl sites for hydroxylation is 2. The number of pyridine rings is 1. The number of carbonyl (C=O) groups excluding carboxylic acids is 1. The zero-order valence-corrected chi connectivity index (χ0v) is 17.4. The van der Waals surface area contributed by atoms with Gasteiger partial charge in [-0.3, -0.25) is 4.79 Å². The van der Waals surface area contributed by atoms with Crippen LogP contribution in [0.5, 0.6) is 0 Å². The Balaban J connectivity index is 1.41. The minimum absolute atomic E-state index is 0.110. The summed E-state index contributed by atoms with van der Waals surface area (Å²) in [6.45, 7) is 5.28. The van der Waals surface area contributed by atoms with Gasteiger partial charge < -0.3 is 14.2 Å². The molecule has 1 saturated heterocycles. The Hall–Kier alpha value is -3.59. The lowest BCUT2D eigenvalue weighted by Gasteiger charge is -2.32. The van der Waals surface area contributed by atoms with Crippen LogP contribution >= 0.6 is 0 Å². The summed E-state index contributed by atoms with van der Waals surface area (Å²) in [6.07, 6.45) is 5.40. The zero-order chi connectivity index (χ0) is 21.4. The Morgan fingerprint density at radius 3 is 3.06 bits per heavy atom. The Labute approximate surface area is 178 Å². The SMILES string of the molecule is CCc1onc(C)c1-c1cccc(C2CN(C(=O)c3cnn4cccnc34)CCO2)n1.